The van der Waals surface area contributed by atoms with Gasteiger partial charge in [-0.25, -0.2) is 4.79 Å². The van der Waals surface area contributed by atoms with E-state index in [1.54, 1.807) is 0 Å². The van der Waals surface area contributed by atoms with Crippen LogP contribution in [0, 0.1) is 0 Å². The molecule has 0 spiro atoms. The summed E-state index contributed by atoms with van der Waals surface area (Å²) < 4.78 is 18.4. The highest BCUT2D eigenvalue weighted by Gasteiger charge is 2.41. The highest BCUT2D eigenvalue weighted by molar-refractivity contribution is 6.74. The van der Waals surface area contributed by atoms with Crippen molar-refractivity contribution in [2.45, 2.75) is 110 Å². The van der Waals surface area contributed by atoms with Crippen LogP contribution in [0.25, 0.3) is 0 Å². The van der Waals surface area contributed by atoms with Crippen molar-refractivity contribution in [3.05, 3.63) is 0 Å². The fraction of sp³-hybridized carbons (Fsp3) is 0.950. The minimum absolute atomic E-state index is 0.0793. The molecular formula is C20H45NO4Si2. The Kier molecular flexibility index (Phi) is 8.84. The zero-order valence-electron chi connectivity index (χ0n) is 20.1. The lowest BCUT2D eigenvalue weighted by Crippen LogP contribution is -2.49. The first-order valence-corrected chi connectivity index (χ1v) is 15.8. The second-order valence-electron chi connectivity index (χ2n) is 11.5. The SMILES string of the molecule is CC(C)(C)NC(=O)OC[C@@H](CO[Si](C)(C)C(C)(C)C)O[Si](C)(C)C(C)(C)C. The van der Waals surface area contributed by atoms with Crippen molar-refractivity contribution >= 4 is 22.7 Å². The first-order valence-electron chi connectivity index (χ1n) is 9.95. The van der Waals surface area contributed by atoms with Crippen LogP contribution in [0.5, 0.6) is 0 Å². The van der Waals surface area contributed by atoms with Crippen LogP contribution in [0.4, 0.5) is 4.79 Å². The predicted octanol–water partition coefficient (Wildman–Crippen LogP) is 5.92. The molecule has 0 aromatic carbocycles. The van der Waals surface area contributed by atoms with Gasteiger partial charge in [-0.1, -0.05) is 41.5 Å². The molecule has 0 saturated carbocycles. The molecular weight excluding hydrogens is 374 g/mol. The van der Waals surface area contributed by atoms with E-state index in [0.717, 1.165) is 0 Å². The largest absolute Gasteiger partial charge is 0.447 e. The molecule has 0 radical (unpaired) electrons. The van der Waals surface area contributed by atoms with E-state index in [1.807, 2.05) is 20.8 Å². The average molecular weight is 420 g/mol. The molecule has 5 nitrogen and oxygen atoms in total. The maximum Gasteiger partial charge on any atom is 0.407 e. The number of hydrogen-bond donors (Lipinski definition) is 1. The lowest BCUT2D eigenvalue weighted by molar-refractivity contribution is 0.0401. The van der Waals surface area contributed by atoms with Crippen LogP contribution >= 0.6 is 0 Å². The number of hydrogen-bond acceptors (Lipinski definition) is 4. The van der Waals surface area contributed by atoms with E-state index in [1.165, 1.54) is 0 Å². The van der Waals surface area contributed by atoms with Gasteiger partial charge < -0.3 is 18.9 Å². The quantitative estimate of drug-likeness (QED) is 0.520. The summed E-state index contributed by atoms with van der Waals surface area (Å²) in [4.78, 5) is 12.1. The molecule has 0 rings (SSSR count). The zero-order valence-corrected chi connectivity index (χ0v) is 22.1. The summed E-state index contributed by atoms with van der Waals surface area (Å²) in [6.07, 6.45) is -0.676. The van der Waals surface area contributed by atoms with Crippen LogP contribution in [0.1, 0.15) is 62.3 Å². The second kappa shape index (κ2) is 8.97. The van der Waals surface area contributed by atoms with Gasteiger partial charge in [0, 0.05) is 5.54 Å². The summed E-state index contributed by atoms with van der Waals surface area (Å²) in [5, 5.41) is 3.03. The third-order valence-electron chi connectivity index (χ3n) is 5.58. The predicted molar refractivity (Wildman–Crippen MR) is 119 cm³/mol. The molecule has 0 aliphatic rings. The summed E-state index contributed by atoms with van der Waals surface area (Å²) >= 11 is 0. The summed E-state index contributed by atoms with van der Waals surface area (Å²) in [5.41, 5.74) is -0.329. The van der Waals surface area contributed by atoms with E-state index in [4.69, 9.17) is 13.6 Å². The molecule has 7 heteroatoms. The van der Waals surface area contributed by atoms with Crippen LogP contribution in [-0.2, 0) is 13.6 Å². The number of amides is 1. The topological polar surface area (TPSA) is 56.8 Å². The van der Waals surface area contributed by atoms with Crippen molar-refractivity contribution in [2.24, 2.45) is 0 Å². The number of alkyl carbamates (subject to hydrolysis) is 1. The minimum atomic E-state index is -2.01. The van der Waals surface area contributed by atoms with Crippen molar-refractivity contribution in [2.75, 3.05) is 13.2 Å². The third-order valence-corrected chi connectivity index (χ3v) is 14.6. The first-order chi connectivity index (χ1) is 11.7. The van der Waals surface area contributed by atoms with Gasteiger partial charge in [0.25, 0.3) is 0 Å². The number of nitrogens with one attached hydrogen (secondary N) is 1. The molecule has 1 N–H and O–H groups in total. The second-order valence-corrected chi connectivity index (χ2v) is 21.1. The maximum absolute atomic E-state index is 12.1. The lowest BCUT2D eigenvalue weighted by atomic mass is 10.1. The van der Waals surface area contributed by atoms with Crippen LogP contribution in [0.2, 0.25) is 36.3 Å². The number of rotatable bonds is 7. The summed E-state index contributed by atoms with van der Waals surface area (Å²) in [7, 11) is -3.91. The van der Waals surface area contributed by atoms with E-state index in [2.05, 4.69) is 73.0 Å². The van der Waals surface area contributed by atoms with E-state index in [0.29, 0.717) is 6.61 Å². The van der Waals surface area contributed by atoms with E-state index in [-0.39, 0.29) is 28.3 Å². The van der Waals surface area contributed by atoms with Crippen molar-refractivity contribution in [1.82, 2.24) is 5.32 Å². The van der Waals surface area contributed by atoms with Gasteiger partial charge in [0.05, 0.1) is 6.61 Å². The molecule has 0 bridgehead atoms. The molecule has 0 saturated heterocycles. The molecule has 0 aromatic heterocycles. The molecule has 1 atom stereocenters. The highest BCUT2D eigenvalue weighted by Crippen LogP contribution is 2.39. The summed E-state index contributed by atoms with van der Waals surface area (Å²) in [6.45, 7) is 28.6. The van der Waals surface area contributed by atoms with Gasteiger partial charge in [0.1, 0.15) is 12.7 Å². The van der Waals surface area contributed by atoms with Gasteiger partial charge in [0.15, 0.2) is 16.6 Å². The molecule has 0 unspecified atom stereocenters. The Morgan fingerprint density at radius 2 is 1.26 bits per heavy atom. The zero-order chi connectivity index (χ0) is 21.9. The summed E-state index contributed by atoms with van der Waals surface area (Å²) in [6, 6.07) is 0. The van der Waals surface area contributed by atoms with Gasteiger partial charge in [-0.15, -0.1) is 0 Å². The fourth-order valence-corrected chi connectivity index (χ4v) is 4.10. The molecule has 0 heterocycles. The standard InChI is InChI=1S/C20H45NO4Si2/c1-18(2,3)21-17(22)23-14-16(25-27(12,13)20(7,8)9)15-24-26(10,11)19(4,5)6/h16H,14-15H2,1-13H3,(H,21,22)/t16-/m0/s1. The van der Waals surface area contributed by atoms with Gasteiger partial charge in [0.2, 0.25) is 0 Å². The van der Waals surface area contributed by atoms with Crippen LogP contribution in [-0.4, -0.2) is 47.6 Å². The first kappa shape index (κ1) is 26.6. The van der Waals surface area contributed by atoms with Gasteiger partial charge >= 0.3 is 6.09 Å². The fourth-order valence-electron chi connectivity index (χ4n) is 1.74. The molecule has 0 aromatic rings. The Morgan fingerprint density at radius 1 is 0.815 bits per heavy atom. The van der Waals surface area contributed by atoms with Crippen LogP contribution in [0.15, 0.2) is 0 Å². The summed E-state index contributed by atoms with van der Waals surface area (Å²) in [5.74, 6) is 0. The average Bonchev–Trinajstić information content (AvgIpc) is 2.37. The van der Waals surface area contributed by atoms with Crippen LogP contribution in [0.3, 0.4) is 0 Å². The smallest absolute Gasteiger partial charge is 0.407 e. The molecule has 0 fully saturated rings. The maximum atomic E-state index is 12.1. The van der Waals surface area contributed by atoms with Crippen molar-refractivity contribution in [3.63, 3.8) is 0 Å². The third kappa shape index (κ3) is 9.59. The Bertz CT molecular complexity index is 486. The van der Waals surface area contributed by atoms with Gasteiger partial charge in [-0.2, -0.15) is 0 Å². The Morgan fingerprint density at radius 3 is 1.63 bits per heavy atom. The van der Waals surface area contributed by atoms with Crippen LogP contribution < -0.4 is 5.32 Å². The minimum Gasteiger partial charge on any atom is -0.447 e. The van der Waals surface area contributed by atoms with E-state index < -0.39 is 22.7 Å². The van der Waals surface area contributed by atoms with Gasteiger partial charge in [-0.3, -0.25) is 0 Å². The lowest BCUT2D eigenvalue weighted by Gasteiger charge is -2.41. The van der Waals surface area contributed by atoms with Crippen molar-refractivity contribution in [3.8, 4) is 0 Å². The normalized spacial score (nSPS) is 15.4. The number of ether oxygens (including phenoxy) is 1. The number of carbonyl (C=O) groups is 1. The Balaban J connectivity index is 5.15. The van der Waals surface area contributed by atoms with Crippen molar-refractivity contribution < 1.29 is 18.4 Å². The van der Waals surface area contributed by atoms with E-state index in [9.17, 15) is 4.79 Å². The number of carbonyl (C=O) groups excluding carboxylic acids is 1. The van der Waals surface area contributed by atoms with E-state index >= 15 is 0 Å². The molecule has 1 amide bonds. The molecule has 162 valence electrons. The molecule has 0 aliphatic heterocycles. The molecule has 27 heavy (non-hydrogen) atoms. The Hall–Kier alpha value is -0.376. The van der Waals surface area contributed by atoms with Gasteiger partial charge in [-0.05, 0) is 57.0 Å². The Labute approximate surface area is 170 Å². The highest BCUT2D eigenvalue weighted by atomic mass is 28.4. The van der Waals surface area contributed by atoms with Crippen molar-refractivity contribution in [1.29, 1.82) is 0 Å². The molecule has 0 aliphatic carbocycles. The monoisotopic (exact) mass is 419 g/mol.